The van der Waals surface area contributed by atoms with E-state index in [1.165, 1.54) is 6.08 Å². The monoisotopic (exact) mass is 220 g/mol. The lowest BCUT2D eigenvalue weighted by atomic mass is 10.2. The number of carbonyl (C=O) groups excluding carboxylic acids is 1. The summed E-state index contributed by atoms with van der Waals surface area (Å²) in [4.78, 5) is 11.0. The quantitative estimate of drug-likeness (QED) is 0.296. The molecule has 0 rings (SSSR count). The maximum Gasteiger partial charge on any atom is 0.330 e. The molecular formula is C14H20O2. The minimum atomic E-state index is -0.298. The molecule has 0 amide bonds. The van der Waals surface area contributed by atoms with Crippen LogP contribution in [-0.2, 0) is 9.53 Å². The van der Waals surface area contributed by atoms with Gasteiger partial charge in [-0.1, -0.05) is 36.5 Å². The molecule has 0 N–H and O–H groups in total. The molecule has 0 fully saturated rings. The van der Waals surface area contributed by atoms with Gasteiger partial charge in [-0.2, -0.15) is 0 Å². The van der Waals surface area contributed by atoms with Crippen LogP contribution in [0.3, 0.4) is 0 Å². The first kappa shape index (κ1) is 14.4. The van der Waals surface area contributed by atoms with Gasteiger partial charge >= 0.3 is 5.97 Å². The first-order valence-electron chi connectivity index (χ1n) is 5.34. The lowest BCUT2D eigenvalue weighted by molar-refractivity contribution is -0.136. The normalized spacial score (nSPS) is 12.9. The van der Waals surface area contributed by atoms with Crippen LogP contribution in [0.2, 0.25) is 0 Å². The molecule has 0 aromatic heterocycles. The van der Waals surface area contributed by atoms with Crippen LogP contribution < -0.4 is 0 Å². The summed E-state index contributed by atoms with van der Waals surface area (Å²) in [5, 5.41) is 0. The molecule has 0 spiro atoms. The molecule has 2 heteroatoms. The zero-order chi connectivity index (χ0) is 12.4. The van der Waals surface area contributed by atoms with E-state index in [0.29, 0.717) is 6.61 Å². The van der Waals surface area contributed by atoms with Crippen LogP contribution in [0.1, 0.15) is 27.2 Å². The van der Waals surface area contributed by atoms with E-state index in [9.17, 15) is 4.79 Å². The molecule has 88 valence electrons. The summed E-state index contributed by atoms with van der Waals surface area (Å²) in [6.45, 7) is 9.75. The van der Waals surface area contributed by atoms with Crippen molar-refractivity contribution in [2.24, 2.45) is 0 Å². The first-order valence-corrected chi connectivity index (χ1v) is 5.34. The Balaban J connectivity index is 3.97. The fourth-order valence-corrected chi connectivity index (χ4v) is 0.957. The Morgan fingerprint density at radius 1 is 1.31 bits per heavy atom. The van der Waals surface area contributed by atoms with Crippen molar-refractivity contribution in [3.8, 4) is 0 Å². The van der Waals surface area contributed by atoms with Crippen LogP contribution in [0.15, 0.2) is 48.1 Å². The van der Waals surface area contributed by atoms with E-state index < -0.39 is 0 Å². The Morgan fingerprint density at radius 3 is 2.56 bits per heavy atom. The van der Waals surface area contributed by atoms with Gasteiger partial charge in [0.2, 0.25) is 0 Å². The van der Waals surface area contributed by atoms with Crippen LogP contribution in [0.5, 0.6) is 0 Å². The van der Waals surface area contributed by atoms with Crippen molar-refractivity contribution in [1.82, 2.24) is 0 Å². The summed E-state index contributed by atoms with van der Waals surface area (Å²) >= 11 is 0. The van der Waals surface area contributed by atoms with Crippen LogP contribution in [0, 0.1) is 0 Å². The summed E-state index contributed by atoms with van der Waals surface area (Å²) in [6, 6.07) is 0. The van der Waals surface area contributed by atoms with Gasteiger partial charge in [0.15, 0.2) is 0 Å². The highest BCUT2D eigenvalue weighted by atomic mass is 16.5. The smallest absolute Gasteiger partial charge is 0.330 e. The number of hydrogen-bond donors (Lipinski definition) is 0. The molecule has 0 unspecified atom stereocenters. The molecule has 0 aliphatic rings. The number of ether oxygens (including phenoxy) is 1. The van der Waals surface area contributed by atoms with Crippen molar-refractivity contribution >= 4 is 5.97 Å². The summed E-state index contributed by atoms with van der Waals surface area (Å²) in [7, 11) is 0. The number of rotatable bonds is 6. The minimum Gasteiger partial charge on any atom is -0.458 e. The third kappa shape index (κ3) is 7.80. The SMILES string of the molecule is C=CC(C)=CCC=C(C)COC(=O)C=CC. The highest BCUT2D eigenvalue weighted by Gasteiger charge is 1.95. The standard InChI is InChI=1S/C14H20O2/c1-5-8-14(15)16-11-13(4)10-7-9-12(3)6-2/h5-6,8-10H,2,7,11H2,1,3-4H3. The van der Waals surface area contributed by atoms with E-state index in [1.807, 2.05) is 26.0 Å². The predicted octanol–water partition coefficient (Wildman–Crippen LogP) is 3.57. The van der Waals surface area contributed by atoms with E-state index in [1.54, 1.807) is 13.0 Å². The van der Waals surface area contributed by atoms with Gasteiger partial charge in [0.1, 0.15) is 6.61 Å². The van der Waals surface area contributed by atoms with Crippen LogP contribution in [0.25, 0.3) is 0 Å². The van der Waals surface area contributed by atoms with Crippen molar-refractivity contribution < 1.29 is 9.53 Å². The van der Waals surface area contributed by atoms with Crippen molar-refractivity contribution in [3.63, 3.8) is 0 Å². The fraction of sp³-hybridized carbons (Fsp3) is 0.357. The van der Waals surface area contributed by atoms with Gasteiger partial charge in [-0.05, 0) is 32.8 Å². The molecule has 0 radical (unpaired) electrons. The maximum atomic E-state index is 11.0. The summed E-state index contributed by atoms with van der Waals surface area (Å²) in [6.07, 6.45) is 9.84. The Morgan fingerprint density at radius 2 is 2.00 bits per heavy atom. The van der Waals surface area contributed by atoms with Crippen LogP contribution in [-0.4, -0.2) is 12.6 Å². The summed E-state index contributed by atoms with van der Waals surface area (Å²) < 4.78 is 4.99. The lowest BCUT2D eigenvalue weighted by Gasteiger charge is -2.01. The largest absolute Gasteiger partial charge is 0.458 e. The van der Waals surface area contributed by atoms with Gasteiger partial charge in [0.25, 0.3) is 0 Å². The Kier molecular flexibility index (Phi) is 7.86. The highest BCUT2D eigenvalue weighted by Crippen LogP contribution is 2.01. The average Bonchev–Trinajstić information content (AvgIpc) is 2.26. The van der Waals surface area contributed by atoms with Gasteiger partial charge in [0, 0.05) is 6.08 Å². The van der Waals surface area contributed by atoms with Gasteiger partial charge in [-0.15, -0.1) is 0 Å². The predicted molar refractivity (Wildman–Crippen MR) is 68.1 cm³/mol. The Bertz CT molecular complexity index is 320. The molecule has 0 aliphatic heterocycles. The zero-order valence-electron chi connectivity index (χ0n) is 10.3. The second kappa shape index (κ2) is 8.72. The molecular weight excluding hydrogens is 200 g/mol. The number of allylic oxidation sites excluding steroid dienone is 5. The van der Waals surface area contributed by atoms with E-state index in [2.05, 4.69) is 12.7 Å². The van der Waals surface area contributed by atoms with Crippen molar-refractivity contribution in [3.05, 3.63) is 48.1 Å². The fourth-order valence-electron chi connectivity index (χ4n) is 0.957. The molecule has 2 nitrogen and oxygen atoms in total. The van der Waals surface area contributed by atoms with Gasteiger partial charge in [-0.3, -0.25) is 0 Å². The van der Waals surface area contributed by atoms with E-state index in [0.717, 1.165) is 17.6 Å². The average molecular weight is 220 g/mol. The van der Waals surface area contributed by atoms with Crippen LogP contribution in [0.4, 0.5) is 0 Å². The highest BCUT2D eigenvalue weighted by molar-refractivity contribution is 5.81. The number of esters is 1. The second-order valence-corrected chi connectivity index (χ2v) is 3.55. The zero-order valence-corrected chi connectivity index (χ0v) is 10.3. The van der Waals surface area contributed by atoms with Crippen molar-refractivity contribution in [2.45, 2.75) is 27.2 Å². The third-order valence-electron chi connectivity index (χ3n) is 1.97. The Hall–Kier alpha value is -1.57. The molecule has 0 aliphatic carbocycles. The van der Waals surface area contributed by atoms with Crippen LogP contribution >= 0.6 is 0 Å². The summed E-state index contributed by atoms with van der Waals surface area (Å²) in [5.41, 5.74) is 2.20. The topological polar surface area (TPSA) is 26.3 Å². The molecule has 0 saturated carbocycles. The lowest BCUT2D eigenvalue weighted by Crippen LogP contribution is -2.02. The van der Waals surface area contributed by atoms with E-state index in [-0.39, 0.29) is 5.97 Å². The number of carbonyl (C=O) groups is 1. The van der Waals surface area contributed by atoms with Crippen molar-refractivity contribution in [1.29, 1.82) is 0 Å². The summed E-state index contributed by atoms with van der Waals surface area (Å²) in [5.74, 6) is -0.298. The number of hydrogen-bond acceptors (Lipinski definition) is 2. The molecule has 0 aromatic carbocycles. The van der Waals surface area contributed by atoms with E-state index in [4.69, 9.17) is 4.74 Å². The van der Waals surface area contributed by atoms with E-state index >= 15 is 0 Å². The first-order chi connectivity index (χ1) is 7.60. The van der Waals surface area contributed by atoms with Gasteiger partial charge < -0.3 is 4.74 Å². The minimum absolute atomic E-state index is 0.298. The molecule has 0 aromatic rings. The molecule has 16 heavy (non-hydrogen) atoms. The molecule has 0 heterocycles. The molecule has 0 atom stereocenters. The maximum absolute atomic E-state index is 11.0. The Labute approximate surface area is 98.0 Å². The molecule has 0 bridgehead atoms. The second-order valence-electron chi connectivity index (χ2n) is 3.55. The van der Waals surface area contributed by atoms with Gasteiger partial charge in [-0.25, -0.2) is 4.79 Å². The van der Waals surface area contributed by atoms with Gasteiger partial charge in [0.05, 0.1) is 0 Å². The molecule has 0 saturated heterocycles. The van der Waals surface area contributed by atoms with Crippen molar-refractivity contribution in [2.75, 3.05) is 6.61 Å². The third-order valence-corrected chi connectivity index (χ3v) is 1.97.